The number of benzene rings is 2. The van der Waals surface area contributed by atoms with Crippen LogP contribution < -0.4 is 0 Å². The summed E-state index contributed by atoms with van der Waals surface area (Å²) < 4.78 is 6.86. The number of rotatable bonds is 6. The molecular weight excluding hydrogens is 354 g/mol. The van der Waals surface area contributed by atoms with Gasteiger partial charge in [0.1, 0.15) is 12.7 Å². The summed E-state index contributed by atoms with van der Waals surface area (Å²) in [7, 11) is 0. The number of nitrogens with zero attached hydrogens (tertiary/aromatic N) is 3. The van der Waals surface area contributed by atoms with Crippen LogP contribution >= 0.6 is 0 Å². The minimum absolute atomic E-state index is 0.0220. The Hall–Kier alpha value is -3.28. The molecular formula is C22H23N3O3. The fourth-order valence-corrected chi connectivity index (χ4v) is 2.70. The first-order chi connectivity index (χ1) is 13.3. The molecule has 0 aliphatic carbocycles. The summed E-state index contributed by atoms with van der Waals surface area (Å²) in [5.41, 5.74) is 3.08. The first-order valence-corrected chi connectivity index (χ1v) is 9.05. The van der Waals surface area contributed by atoms with Crippen molar-refractivity contribution in [2.45, 2.75) is 32.7 Å². The Labute approximate surface area is 164 Å². The number of hydrogen-bond acceptors (Lipinski definition) is 5. The molecule has 3 aromatic rings. The van der Waals surface area contributed by atoms with E-state index in [1.165, 1.54) is 6.33 Å². The zero-order valence-corrected chi connectivity index (χ0v) is 16.3. The van der Waals surface area contributed by atoms with Gasteiger partial charge >= 0.3 is 5.97 Å². The van der Waals surface area contributed by atoms with Gasteiger partial charge in [-0.15, -0.1) is 0 Å². The number of aromatic nitrogens is 3. The highest BCUT2D eigenvalue weighted by atomic mass is 16.5. The molecule has 0 bridgehead atoms. The van der Waals surface area contributed by atoms with Crippen molar-refractivity contribution in [3.8, 4) is 0 Å². The van der Waals surface area contributed by atoms with E-state index in [0.717, 1.165) is 11.1 Å². The number of ether oxygens (including phenoxy) is 1. The molecule has 0 atom stereocenters. The molecule has 2 aromatic carbocycles. The molecule has 0 fully saturated rings. The van der Waals surface area contributed by atoms with Crippen LogP contribution in [0.15, 0.2) is 61.2 Å². The summed E-state index contributed by atoms with van der Waals surface area (Å²) in [5, 5.41) is 4.04. The van der Waals surface area contributed by atoms with Gasteiger partial charge < -0.3 is 4.74 Å². The van der Waals surface area contributed by atoms with Crippen LogP contribution in [0.2, 0.25) is 0 Å². The topological polar surface area (TPSA) is 74.1 Å². The largest absolute Gasteiger partial charge is 0.454 e. The molecule has 1 heterocycles. The third-order valence-corrected chi connectivity index (χ3v) is 4.41. The van der Waals surface area contributed by atoms with Gasteiger partial charge in [-0.1, -0.05) is 57.2 Å². The first kappa shape index (κ1) is 19.5. The fourth-order valence-electron chi connectivity index (χ4n) is 2.70. The number of esters is 1. The van der Waals surface area contributed by atoms with Crippen LogP contribution in [0.4, 0.5) is 0 Å². The highest BCUT2D eigenvalue weighted by Gasteiger charge is 2.15. The van der Waals surface area contributed by atoms with E-state index < -0.39 is 5.97 Å². The molecule has 0 amide bonds. The van der Waals surface area contributed by atoms with E-state index in [4.69, 9.17) is 4.74 Å². The molecule has 0 saturated carbocycles. The molecule has 0 N–H and O–H groups in total. The Balaban J connectivity index is 1.55. The third-order valence-electron chi connectivity index (χ3n) is 4.41. The molecule has 0 aliphatic rings. The van der Waals surface area contributed by atoms with Crippen LogP contribution in [0.5, 0.6) is 0 Å². The molecule has 0 spiro atoms. The molecule has 6 heteroatoms. The lowest BCUT2D eigenvalue weighted by Gasteiger charge is -2.18. The highest BCUT2D eigenvalue weighted by Crippen LogP contribution is 2.22. The van der Waals surface area contributed by atoms with Crippen molar-refractivity contribution in [2.24, 2.45) is 0 Å². The average Bonchev–Trinajstić information content (AvgIpc) is 3.19. The van der Waals surface area contributed by atoms with Crippen molar-refractivity contribution < 1.29 is 14.3 Å². The van der Waals surface area contributed by atoms with E-state index in [2.05, 4.69) is 30.9 Å². The Morgan fingerprint density at radius 3 is 2.18 bits per heavy atom. The van der Waals surface area contributed by atoms with Crippen molar-refractivity contribution >= 4 is 11.8 Å². The lowest BCUT2D eigenvalue weighted by molar-refractivity contribution is 0.0474. The smallest absolute Gasteiger partial charge is 0.338 e. The van der Waals surface area contributed by atoms with E-state index >= 15 is 0 Å². The zero-order valence-electron chi connectivity index (χ0n) is 16.3. The fraction of sp³-hybridized carbons (Fsp3) is 0.273. The summed E-state index contributed by atoms with van der Waals surface area (Å²) >= 11 is 0. The van der Waals surface area contributed by atoms with Gasteiger partial charge in [0.05, 0.1) is 12.1 Å². The highest BCUT2D eigenvalue weighted by molar-refractivity contribution is 5.99. The van der Waals surface area contributed by atoms with Crippen molar-refractivity contribution in [1.29, 1.82) is 0 Å². The summed E-state index contributed by atoms with van der Waals surface area (Å²) in [5.74, 6) is -0.747. The van der Waals surface area contributed by atoms with E-state index in [0.29, 0.717) is 17.7 Å². The van der Waals surface area contributed by atoms with Crippen molar-refractivity contribution in [3.63, 3.8) is 0 Å². The first-order valence-electron chi connectivity index (χ1n) is 9.05. The van der Waals surface area contributed by atoms with Crippen LogP contribution in [0.25, 0.3) is 0 Å². The van der Waals surface area contributed by atoms with E-state index in [1.54, 1.807) is 35.3 Å². The minimum atomic E-state index is -0.521. The van der Waals surface area contributed by atoms with Crippen LogP contribution in [-0.2, 0) is 16.7 Å². The Morgan fingerprint density at radius 2 is 1.61 bits per heavy atom. The quantitative estimate of drug-likeness (QED) is 0.484. The molecule has 144 valence electrons. The van der Waals surface area contributed by atoms with Gasteiger partial charge in [-0.2, -0.15) is 5.10 Å². The van der Waals surface area contributed by atoms with Gasteiger partial charge in [0, 0.05) is 5.56 Å². The monoisotopic (exact) mass is 377 g/mol. The van der Waals surface area contributed by atoms with E-state index in [9.17, 15) is 9.59 Å². The summed E-state index contributed by atoms with van der Waals surface area (Å²) in [6.07, 6.45) is 3.10. The number of carbonyl (C=O) groups is 2. The number of hydrogen-bond donors (Lipinski definition) is 0. The number of carbonyl (C=O) groups excluding carboxylic acids is 2. The number of ketones is 1. The summed E-state index contributed by atoms with van der Waals surface area (Å²) in [6, 6.07) is 14.4. The lowest BCUT2D eigenvalue weighted by atomic mass is 9.86. The second-order valence-electron chi connectivity index (χ2n) is 7.62. The van der Waals surface area contributed by atoms with Gasteiger partial charge in [0.25, 0.3) is 0 Å². The number of Topliss-reactive ketones (excluding diaryl/α,β-unsaturated/α-hetero) is 1. The lowest BCUT2D eigenvalue weighted by Crippen LogP contribution is -2.15. The maximum Gasteiger partial charge on any atom is 0.338 e. The minimum Gasteiger partial charge on any atom is -0.454 e. The molecule has 0 radical (unpaired) electrons. The second kappa shape index (κ2) is 8.17. The normalized spacial score (nSPS) is 11.2. The molecule has 0 saturated heterocycles. The van der Waals surface area contributed by atoms with Crippen LogP contribution in [-0.4, -0.2) is 33.1 Å². The second-order valence-corrected chi connectivity index (χ2v) is 7.62. The molecule has 0 aliphatic heterocycles. The van der Waals surface area contributed by atoms with Crippen molar-refractivity contribution in [2.75, 3.05) is 6.61 Å². The average molecular weight is 377 g/mol. The maximum atomic E-state index is 12.3. The Bertz CT molecular complexity index is 938. The predicted molar refractivity (Wildman–Crippen MR) is 105 cm³/mol. The Kier molecular flexibility index (Phi) is 5.68. The zero-order chi connectivity index (χ0) is 20.1. The molecule has 3 rings (SSSR count). The summed E-state index contributed by atoms with van der Waals surface area (Å²) in [6.45, 7) is 6.63. The molecule has 0 unspecified atom stereocenters. The third kappa shape index (κ3) is 4.91. The predicted octanol–water partition coefficient (Wildman–Crippen LogP) is 3.66. The van der Waals surface area contributed by atoms with Crippen LogP contribution in [0, 0.1) is 0 Å². The van der Waals surface area contributed by atoms with Gasteiger partial charge in [0.15, 0.2) is 12.4 Å². The standard InChI is InChI=1S/C22H23N3O3/c1-22(2,3)19-10-8-17(9-11-19)20(26)13-28-21(27)18-6-4-16(5-7-18)12-25-15-23-14-24-25/h4-11,14-15H,12-13H2,1-3H3. The molecule has 28 heavy (non-hydrogen) atoms. The summed E-state index contributed by atoms with van der Waals surface area (Å²) in [4.78, 5) is 28.4. The molecule has 6 nitrogen and oxygen atoms in total. The van der Waals surface area contributed by atoms with E-state index in [1.807, 2.05) is 24.3 Å². The van der Waals surface area contributed by atoms with Crippen LogP contribution in [0.3, 0.4) is 0 Å². The van der Waals surface area contributed by atoms with Gasteiger partial charge in [-0.05, 0) is 28.7 Å². The molecule has 1 aromatic heterocycles. The van der Waals surface area contributed by atoms with E-state index in [-0.39, 0.29) is 17.8 Å². The van der Waals surface area contributed by atoms with Crippen LogP contribution in [0.1, 0.15) is 52.6 Å². The van der Waals surface area contributed by atoms with Gasteiger partial charge in [0.2, 0.25) is 0 Å². The van der Waals surface area contributed by atoms with Crippen molar-refractivity contribution in [3.05, 3.63) is 83.4 Å². The van der Waals surface area contributed by atoms with Crippen molar-refractivity contribution in [1.82, 2.24) is 14.8 Å². The maximum absolute atomic E-state index is 12.3. The van der Waals surface area contributed by atoms with Gasteiger partial charge in [-0.3, -0.25) is 4.79 Å². The SMILES string of the molecule is CC(C)(C)c1ccc(C(=O)COC(=O)c2ccc(Cn3cncn3)cc2)cc1. The van der Waals surface area contributed by atoms with Gasteiger partial charge in [-0.25, -0.2) is 14.5 Å². The Morgan fingerprint density at radius 1 is 0.964 bits per heavy atom.